The summed E-state index contributed by atoms with van der Waals surface area (Å²) in [4.78, 5) is 3.55. The molecule has 1 aromatic rings. The van der Waals surface area contributed by atoms with E-state index < -0.39 is 12.1 Å². The number of hydrogen-bond donors (Lipinski definition) is 0. The van der Waals surface area contributed by atoms with Crippen molar-refractivity contribution in [2.75, 3.05) is 0 Å². The van der Waals surface area contributed by atoms with Gasteiger partial charge in [-0.15, -0.1) is 13.2 Å². The zero-order chi connectivity index (χ0) is 10.9. The number of aromatic nitrogens is 1. The van der Waals surface area contributed by atoms with Crippen LogP contribution < -0.4 is 4.74 Å². The minimum Gasteiger partial charge on any atom is -0.403 e. The Morgan fingerprint density at radius 2 is 1.93 bits per heavy atom. The van der Waals surface area contributed by atoms with Gasteiger partial charge in [0.15, 0.2) is 5.75 Å². The van der Waals surface area contributed by atoms with Crippen molar-refractivity contribution >= 4 is 45.8 Å². The Kier molecular flexibility index (Phi) is 3.70. The highest BCUT2D eigenvalue weighted by Gasteiger charge is 2.32. The molecule has 0 N–H and O–H groups in total. The van der Waals surface area contributed by atoms with E-state index in [1.54, 1.807) is 22.6 Å². The molecule has 0 aliphatic carbocycles. The SMILES string of the molecule is FC(F)(F)Oc1cc(Cl)c(Cl)nc1I. The number of nitrogens with zero attached hydrogens (tertiary/aromatic N) is 1. The lowest BCUT2D eigenvalue weighted by atomic mass is 10.5. The molecule has 0 unspecified atom stereocenters. The summed E-state index contributed by atoms with van der Waals surface area (Å²) in [6.45, 7) is 0. The highest BCUT2D eigenvalue weighted by atomic mass is 127. The summed E-state index contributed by atoms with van der Waals surface area (Å²) >= 11 is 12.5. The van der Waals surface area contributed by atoms with E-state index in [1.165, 1.54) is 0 Å². The number of halogens is 6. The van der Waals surface area contributed by atoms with Gasteiger partial charge >= 0.3 is 6.36 Å². The van der Waals surface area contributed by atoms with Crippen LogP contribution in [0.15, 0.2) is 6.07 Å². The molecule has 0 aromatic carbocycles. The first-order chi connectivity index (χ1) is 6.29. The fraction of sp³-hybridized carbons (Fsp3) is 0.167. The maximum atomic E-state index is 11.8. The molecule has 1 rings (SSSR count). The number of ether oxygens (including phenoxy) is 1. The van der Waals surface area contributed by atoms with Gasteiger partial charge in [-0.05, 0) is 22.6 Å². The zero-order valence-electron chi connectivity index (χ0n) is 6.20. The molecule has 0 saturated heterocycles. The molecule has 1 heterocycles. The van der Waals surface area contributed by atoms with Crippen molar-refractivity contribution in [3.8, 4) is 5.75 Å². The van der Waals surface area contributed by atoms with Gasteiger partial charge in [-0.25, -0.2) is 4.98 Å². The largest absolute Gasteiger partial charge is 0.573 e. The average Bonchev–Trinajstić information content (AvgIpc) is 1.97. The van der Waals surface area contributed by atoms with Gasteiger partial charge in [0.25, 0.3) is 0 Å². The number of rotatable bonds is 1. The molecule has 0 spiro atoms. The summed E-state index contributed by atoms with van der Waals surface area (Å²) in [5.41, 5.74) is 0. The fourth-order valence-electron chi connectivity index (χ4n) is 0.625. The van der Waals surface area contributed by atoms with Crippen molar-refractivity contribution in [2.24, 2.45) is 0 Å². The van der Waals surface area contributed by atoms with Gasteiger partial charge in [0.05, 0.1) is 5.02 Å². The van der Waals surface area contributed by atoms with Crippen molar-refractivity contribution in [3.63, 3.8) is 0 Å². The summed E-state index contributed by atoms with van der Waals surface area (Å²) in [6, 6.07) is 0.964. The molecule has 0 fully saturated rings. The van der Waals surface area contributed by atoms with Crippen LogP contribution in [-0.2, 0) is 0 Å². The third-order valence-corrected chi connectivity index (χ3v) is 2.53. The lowest BCUT2D eigenvalue weighted by Crippen LogP contribution is -2.18. The van der Waals surface area contributed by atoms with Crippen LogP contribution in [0.4, 0.5) is 13.2 Å². The van der Waals surface area contributed by atoms with Crippen LogP contribution in [0.2, 0.25) is 10.2 Å². The number of pyridine rings is 1. The van der Waals surface area contributed by atoms with E-state index in [0.717, 1.165) is 6.07 Å². The van der Waals surface area contributed by atoms with Crippen LogP contribution >= 0.6 is 45.8 Å². The molecule has 8 heteroatoms. The quantitative estimate of drug-likeness (QED) is 0.562. The van der Waals surface area contributed by atoms with E-state index in [4.69, 9.17) is 23.2 Å². The molecule has 0 radical (unpaired) electrons. The Morgan fingerprint density at radius 1 is 1.36 bits per heavy atom. The lowest BCUT2D eigenvalue weighted by Gasteiger charge is -2.10. The van der Waals surface area contributed by atoms with E-state index in [2.05, 4.69) is 9.72 Å². The van der Waals surface area contributed by atoms with E-state index in [0.29, 0.717) is 0 Å². The van der Waals surface area contributed by atoms with Crippen molar-refractivity contribution in [2.45, 2.75) is 6.36 Å². The first-order valence-electron chi connectivity index (χ1n) is 3.07. The van der Waals surface area contributed by atoms with Crippen LogP contribution in [-0.4, -0.2) is 11.3 Å². The van der Waals surface area contributed by atoms with E-state index in [-0.39, 0.29) is 13.9 Å². The lowest BCUT2D eigenvalue weighted by molar-refractivity contribution is -0.275. The number of hydrogen-bond acceptors (Lipinski definition) is 2. The topological polar surface area (TPSA) is 22.1 Å². The minimum absolute atomic E-state index is 0.00525. The summed E-state index contributed by atoms with van der Waals surface area (Å²) in [6.07, 6.45) is -4.77. The van der Waals surface area contributed by atoms with E-state index >= 15 is 0 Å². The van der Waals surface area contributed by atoms with Gasteiger partial charge in [-0.1, -0.05) is 23.2 Å². The number of alkyl halides is 3. The maximum Gasteiger partial charge on any atom is 0.573 e. The van der Waals surface area contributed by atoms with Crippen LogP contribution in [0.5, 0.6) is 5.75 Å². The second-order valence-electron chi connectivity index (χ2n) is 2.10. The second kappa shape index (κ2) is 4.28. The molecule has 1 aromatic heterocycles. The molecule has 0 saturated carbocycles. The van der Waals surface area contributed by atoms with Crippen molar-refractivity contribution < 1.29 is 17.9 Å². The Bertz CT molecular complexity index is 358. The van der Waals surface area contributed by atoms with Crippen LogP contribution in [0.1, 0.15) is 0 Å². The zero-order valence-corrected chi connectivity index (χ0v) is 9.87. The molecular formula is C6HCl2F3INO. The Morgan fingerprint density at radius 3 is 2.43 bits per heavy atom. The summed E-state index contributed by atoms with van der Waals surface area (Å²) in [5.74, 6) is -0.465. The third-order valence-electron chi connectivity index (χ3n) is 1.08. The monoisotopic (exact) mass is 357 g/mol. The first kappa shape index (κ1) is 12.1. The summed E-state index contributed by atoms with van der Waals surface area (Å²) in [5, 5.41) is -0.156. The standard InChI is InChI=1S/C6HCl2F3INO/c7-2-1-3(14-6(9,10)11)5(12)13-4(2)8/h1H. The van der Waals surface area contributed by atoms with Crippen molar-refractivity contribution in [1.29, 1.82) is 0 Å². The van der Waals surface area contributed by atoms with Gasteiger partial charge < -0.3 is 4.74 Å². The maximum absolute atomic E-state index is 11.8. The Hall–Kier alpha value is 0.0500. The van der Waals surface area contributed by atoms with Crippen LogP contribution in [0.3, 0.4) is 0 Å². The van der Waals surface area contributed by atoms with E-state index in [1.807, 2.05) is 0 Å². The third kappa shape index (κ3) is 3.32. The molecule has 0 amide bonds. The smallest absolute Gasteiger partial charge is 0.403 e. The highest BCUT2D eigenvalue weighted by Crippen LogP contribution is 2.31. The molecule has 0 atom stereocenters. The second-order valence-corrected chi connectivity index (χ2v) is 3.88. The highest BCUT2D eigenvalue weighted by molar-refractivity contribution is 14.1. The summed E-state index contributed by atoms with van der Waals surface area (Å²) < 4.78 is 39.1. The molecule has 78 valence electrons. The molecule has 14 heavy (non-hydrogen) atoms. The van der Waals surface area contributed by atoms with Gasteiger partial charge in [0.1, 0.15) is 8.85 Å². The van der Waals surface area contributed by atoms with Gasteiger partial charge in [-0.3, -0.25) is 0 Å². The average molecular weight is 358 g/mol. The first-order valence-corrected chi connectivity index (χ1v) is 4.90. The molecule has 0 aliphatic rings. The molecular weight excluding hydrogens is 357 g/mol. The Labute approximate surface area is 100 Å². The van der Waals surface area contributed by atoms with Gasteiger partial charge in [0, 0.05) is 6.07 Å². The van der Waals surface area contributed by atoms with E-state index in [9.17, 15) is 13.2 Å². The molecule has 2 nitrogen and oxygen atoms in total. The van der Waals surface area contributed by atoms with Crippen molar-refractivity contribution in [1.82, 2.24) is 4.98 Å². The van der Waals surface area contributed by atoms with Gasteiger partial charge in [0.2, 0.25) is 0 Å². The normalized spacial score (nSPS) is 11.6. The van der Waals surface area contributed by atoms with Crippen LogP contribution in [0, 0.1) is 3.70 Å². The predicted octanol–water partition coefficient (Wildman–Crippen LogP) is 3.89. The predicted molar refractivity (Wildman–Crippen MR) is 53.7 cm³/mol. The van der Waals surface area contributed by atoms with Gasteiger partial charge in [-0.2, -0.15) is 0 Å². The minimum atomic E-state index is -4.77. The molecule has 0 aliphatic heterocycles. The van der Waals surface area contributed by atoms with Crippen molar-refractivity contribution in [3.05, 3.63) is 19.9 Å². The van der Waals surface area contributed by atoms with Crippen LogP contribution in [0.25, 0.3) is 0 Å². The summed E-state index contributed by atoms with van der Waals surface area (Å²) in [7, 11) is 0. The Balaban J connectivity index is 3.04. The molecule has 0 bridgehead atoms. The fourth-order valence-corrected chi connectivity index (χ4v) is 1.56.